The first kappa shape index (κ1) is 15.6. The molecule has 0 heterocycles. The van der Waals surface area contributed by atoms with Crippen LogP contribution >= 0.6 is 0 Å². The first-order valence-corrected chi connectivity index (χ1v) is 7.44. The smallest absolute Gasteiger partial charge is 0.173 e. The summed E-state index contributed by atoms with van der Waals surface area (Å²) in [6.07, 6.45) is 2.60. The van der Waals surface area contributed by atoms with Crippen LogP contribution in [0.4, 0.5) is 0 Å². The number of nitrogens with zero attached hydrogens (tertiary/aromatic N) is 2. The van der Waals surface area contributed by atoms with Crippen molar-refractivity contribution in [1.82, 2.24) is 4.90 Å². The van der Waals surface area contributed by atoms with Crippen molar-refractivity contribution in [3.63, 3.8) is 0 Å². The van der Waals surface area contributed by atoms with Gasteiger partial charge in [0.25, 0.3) is 0 Å². The minimum absolute atomic E-state index is 0.0691. The molecule has 0 aliphatic heterocycles. The fourth-order valence-electron chi connectivity index (χ4n) is 2.59. The Morgan fingerprint density at radius 1 is 1.48 bits per heavy atom. The Hall–Kier alpha value is -1.75. The number of rotatable bonds is 7. The molecule has 1 aliphatic carbocycles. The standard InChI is InChI=1S/C16H25N3O2/c1-11(2)9-19(13-5-6-13)10-12-4-7-14(16(17)18-20)15(8-12)21-3/h4,7-8,11,13,20H,5-6,9-10H2,1-3H3,(H2,17,18). The predicted octanol–water partition coefficient (Wildman–Crippen LogP) is 2.41. The van der Waals surface area contributed by atoms with Gasteiger partial charge in [-0.05, 0) is 36.5 Å². The van der Waals surface area contributed by atoms with E-state index in [1.165, 1.54) is 18.4 Å². The van der Waals surface area contributed by atoms with E-state index in [0.29, 0.717) is 17.2 Å². The molecule has 1 fully saturated rings. The average molecular weight is 291 g/mol. The zero-order chi connectivity index (χ0) is 15.4. The third-order valence-corrected chi connectivity index (χ3v) is 3.70. The molecule has 0 atom stereocenters. The summed E-state index contributed by atoms with van der Waals surface area (Å²) in [7, 11) is 1.60. The molecule has 21 heavy (non-hydrogen) atoms. The molecular weight excluding hydrogens is 266 g/mol. The van der Waals surface area contributed by atoms with E-state index < -0.39 is 0 Å². The largest absolute Gasteiger partial charge is 0.496 e. The number of oxime groups is 1. The lowest BCUT2D eigenvalue weighted by Gasteiger charge is -2.24. The molecule has 2 rings (SSSR count). The van der Waals surface area contributed by atoms with Crippen molar-refractivity contribution >= 4 is 5.84 Å². The number of ether oxygens (including phenoxy) is 1. The number of hydrogen-bond donors (Lipinski definition) is 2. The summed E-state index contributed by atoms with van der Waals surface area (Å²) in [4.78, 5) is 2.53. The van der Waals surface area contributed by atoms with Crippen LogP contribution in [0.25, 0.3) is 0 Å². The van der Waals surface area contributed by atoms with E-state index in [2.05, 4.69) is 23.9 Å². The Kier molecular flexibility index (Phi) is 5.07. The SMILES string of the molecule is COc1cc(CN(CC(C)C)C2CC2)ccc1/C(N)=N/O. The fraction of sp³-hybridized carbons (Fsp3) is 0.562. The number of benzene rings is 1. The maximum absolute atomic E-state index is 8.80. The highest BCUT2D eigenvalue weighted by molar-refractivity contribution is 5.99. The summed E-state index contributed by atoms with van der Waals surface area (Å²) in [5.74, 6) is 1.37. The topological polar surface area (TPSA) is 71.1 Å². The maximum Gasteiger partial charge on any atom is 0.173 e. The first-order chi connectivity index (χ1) is 10.0. The van der Waals surface area contributed by atoms with E-state index in [1.807, 2.05) is 18.2 Å². The number of nitrogens with two attached hydrogens (primary N) is 1. The Balaban J connectivity index is 2.16. The minimum atomic E-state index is 0.0691. The highest BCUT2D eigenvalue weighted by atomic mass is 16.5. The molecule has 0 bridgehead atoms. The summed E-state index contributed by atoms with van der Waals surface area (Å²) < 4.78 is 5.36. The van der Waals surface area contributed by atoms with Gasteiger partial charge in [-0.3, -0.25) is 4.90 Å². The molecule has 5 nitrogen and oxygen atoms in total. The summed E-state index contributed by atoms with van der Waals surface area (Å²) in [5, 5.41) is 11.8. The second kappa shape index (κ2) is 6.80. The van der Waals surface area contributed by atoms with Crippen LogP contribution in [0.1, 0.15) is 37.8 Å². The van der Waals surface area contributed by atoms with Gasteiger partial charge in [0.05, 0.1) is 12.7 Å². The van der Waals surface area contributed by atoms with Gasteiger partial charge >= 0.3 is 0 Å². The van der Waals surface area contributed by atoms with E-state index in [-0.39, 0.29) is 5.84 Å². The molecule has 0 saturated heterocycles. The quantitative estimate of drug-likeness (QED) is 0.350. The lowest BCUT2D eigenvalue weighted by molar-refractivity contribution is 0.226. The van der Waals surface area contributed by atoms with Gasteiger partial charge in [-0.1, -0.05) is 25.1 Å². The number of methoxy groups -OCH3 is 1. The molecule has 1 aliphatic rings. The normalized spacial score (nSPS) is 15.8. The second-order valence-electron chi connectivity index (χ2n) is 6.07. The van der Waals surface area contributed by atoms with Crippen LogP contribution in [-0.2, 0) is 6.54 Å². The molecule has 1 saturated carbocycles. The Labute approximate surface area is 126 Å². The molecule has 0 unspecified atom stereocenters. The molecule has 5 heteroatoms. The Morgan fingerprint density at radius 2 is 2.19 bits per heavy atom. The van der Waals surface area contributed by atoms with Crippen molar-refractivity contribution in [3.8, 4) is 5.75 Å². The third kappa shape index (κ3) is 4.11. The van der Waals surface area contributed by atoms with Crippen LogP contribution < -0.4 is 10.5 Å². The molecule has 1 aromatic carbocycles. The summed E-state index contributed by atoms with van der Waals surface area (Å²) >= 11 is 0. The zero-order valence-electron chi connectivity index (χ0n) is 13.0. The van der Waals surface area contributed by atoms with Crippen LogP contribution in [0, 0.1) is 5.92 Å². The Bertz CT molecular complexity index is 510. The summed E-state index contributed by atoms with van der Waals surface area (Å²) in [6, 6.07) is 6.57. The van der Waals surface area contributed by atoms with E-state index in [4.69, 9.17) is 15.7 Å². The number of hydrogen-bond acceptors (Lipinski definition) is 4. The molecule has 3 N–H and O–H groups in total. The van der Waals surface area contributed by atoms with Crippen LogP contribution in [0.3, 0.4) is 0 Å². The Morgan fingerprint density at radius 3 is 2.71 bits per heavy atom. The number of amidine groups is 1. The van der Waals surface area contributed by atoms with Gasteiger partial charge in [0, 0.05) is 19.1 Å². The molecule has 0 spiro atoms. The van der Waals surface area contributed by atoms with Crippen LogP contribution in [-0.4, -0.2) is 35.6 Å². The minimum Gasteiger partial charge on any atom is -0.496 e. The van der Waals surface area contributed by atoms with E-state index in [1.54, 1.807) is 7.11 Å². The third-order valence-electron chi connectivity index (χ3n) is 3.70. The van der Waals surface area contributed by atoms with Crippen molar-refractivity contribution in [3.05, 3.63) is 29.3 Å². The van der Waals surface area contributed by atoms with E-state index >= 15 is 0 Å². The van der Waals surface area contributed by atoms with Crippen molar-refractivity contribution in [2.24, 2.45) is 16.8 Å². The summed E-state index contributed by atoms with van der Waals surface area (Å²) in [5.41, 5.74) is 7.46. The highest BCUT2D eigenvalue weighted by Gasteiger charge is 2.29. The lowest BCUT2D eigenvalue weighted by Crippen LogP contribution is -2.29. The molecule has 0 radical (unpaired) electrons. The average Bonchev–Trinajstić information content (AvgIpc) is 3.29. The van der Waals surface area contributed by atoms with Gasteiger partial charge in [0.15, 0.2) is 5.84 Å². The zero-order valence-corrected chi connectivity index (χ0v) is 13.0. The highest BCUT2D eigenvalue weighted by Crippen LogP contribution is 2.30. The molecule has 0 amide bonds. The second-order valence-corrected chi connectivity index (χ2v) is 6.07. The van der Waals surface area contributed by atoms with Gasteiger partial charge in [-0.2, -0.15) is 0 Å². The predicted molar refractivity (Wildman–Crippen MR) is 83.8 cm³/mol. The van der Waals surface area contributed by atoms with Crippen LogP contribution in [0.5, 0.6) is 5.75 Å². The van der Waals surface area contributed by atoms with Gasteiger partial charge < -0.3 is 15.7 Å². The van der Waals surface area contributed by atoms with Crippen LogP contribution in [0.15, 0.2) is 23.4 Å². The van der Waals surface area contributed by atoms with Crippen molar-refractivity contribution in [2.45, 2.75) is 39.3 Å². The monoisotopic (exact) mass is 291 g/mol. The molecular formula is C16H25N3O2. The molecule has 1 aromatic rings. The first-order valence-electron chi connectivity index (χ1n) is 7.44. The van der Waals surface area contributed by atoms with Crippen LogP contribution in [0.2, 0.25) is 0 Å². The van der Waals surface area contributed by atoms with Crippen molar-refractivity contribution in [2.75, 3.05) is 13.7 Å². The van der Waals surface area contributed by atoms with Gasteiger partial charge in [-0.25, -0.2) is 0 Å². The van der Waals surface area contributed by atoms with E-state index in [0.717, 1.165) is 19.1 Å². The van der Waals surface area contributed by atoms with Crippen molar-refractivity contribution in [1.29, 1.82) is 0 Å². The van der Waals surface area contributed by atoms with Gasteiger partial charge in [0.2, 0.25) is 0 Å². The maximum atomic E-state index is 8.80. The summed E-state index contributed by atoms with van der Waals surface area (Å²) in [6.45, 7) is 6.51. The fourth-order valence-corrected chi connectivity index (χ4v) is 2.59. The van der Waals surface area contributed by atoms with E-state index in [9.17, 15) is 0 Å². The van der Waals surface area contributed by atoms with Crippen molar-refractivity contribution < 1.29 is 9.94 Å². The molecule has 116 valence electrons. The molecule has 0 aromatic heterocycles. The van der Waals surface area contributed by atoms with Gasteiger partial charge in [-0.15, -0.1) is 0 Å². The lowest BCUT2D eigenvalue weighted by atomic mass is 10.1. The van der Waals surface area contributed by atoms with Gasteiger partial charge in [0.1, 0.15) is 5.75 Å².